The van der Waals surface area contributed by atoms with Gasteiger partial charge in [0.05, 0.1) is 22.2 Å². The number of hydrogen-bond acceptors (Lipinski definition) is 4. The number of aliphatic hydroxyl groups excluding tert-OH is 1. The van der Waals surface area contributed by atoms with Gasteiger partial charge in [0.15, 0.2) is 0 Å². The predicted molar refractivity (Wildman–Crippen MR) is 75.7 cm³/mol. The highest BCUT2D eigenvalue weighted by atomic mass is 32.2. The lowest BCUT2D eigenvalue weighted by molar-refractivity contribution is 0.0699. The summed E-state index contributed by atoms with van der Waals surface area (Å²) in [7, 11) is 0. The molecule has 0 aliphatic heterocycles. The topological polar surface area (TPSA) is 70.4 Å². The van der Waals surface area contributed by atoms with Gasteiger partial charge in [-0.25, -0.2) is 9.78 Å². The Labute approximate surface area is 115 Å². The van der Waals surface area contributed by atoms with E-state index < -0.39 is 12.1 Å². The molecule has 0 radical (unpaired) electrons. The average molecular weight is 277 g/mol. The summed E-state index contributed by atoms with van der Waals surface area (Å²) in [6.45, 7) is 3.66. The van der Waals surface area contributed by atoms with Crippen molar-refractivity contribution in [1.82, 2.24) is 4.98 Å². The molecule has 1 aromatic carbocycles. The monoisotopic (exact) mass is 277 g/mol. The number of pyridine rings is 1. The second-order valence-electron chi connectivity index (χ2n) is 4.39. The first-order chi connectivity index (χ1) is 8.99. The molecular formula is C14H15NO3S. The van der Waals surface area contributed by atoms with Crippen molar-refractivity contribution in [3.63, 3.8) is 0 Å². The first-order valence-electron chi connectivity index (χ1n) is 5.97. The van der Waals surface area contributed by atoms with Crippen LogP contribution in [0, 0.1) is 0 Å². The molecule has 19 heavy (non-hydrogen) atoms. The number of thioether (sulfide) groups is 1. The first kappa shape index (κ1) is 13.8. The lowest BCUT2D eigenvalue weighted by atomic mass is 10.1. The van der Waals surface area contributed by atoms with Gasteiger partial charge >= 0.3 is 5.97 Å². The Morgan fingerprint density at radius 1 is 1.26 bits per heavy atom. The van der Waals surface area contributed by atoms with E-state index in [1.54, 1.807) is 37.3 Å². The van der Waals surface area contributed by atoms with E-state index in [9.17, 15) is 9.90 Å². The number of aromatic carboxylic acids is 1. The summed E-state index contributed by atoms with van der Waals surface area (Å²) in [6, 6.07) is 8.60. The Morgan fingerprint density at radius 2 is 2.00 bits per heavy atom. The number of carboxylic acid groups (broad SMARTS) is 1. The molecule has 2 N–H and O–H groups in total. The molecule has 0 aliphatic rings. The molecule has 100 valence electrons. The van der Waals surface area contributed by atoms with Crippen molar-refractivity contribution in [3.05, 3.63) is 35.9 Å². The molecule has 0 saturated heterocycles. The highest BCUT2D eigenvalue weighted by Gasteiger charge is 2.13. The van der Waals surface area contributed by atoms with E-state index in [1.165, 1.54) is 11.8 Å². The van der Waals surface area contributed by atoms with Gasteiger partial charge in [0.1, 0.15) is 0 Å². The summed E-state index contributed by atoms with van der Waals surface area (Å²) in [4.78, 5) is 15.5. The SMILES string of the molecule is CC(O)C(C)Sc1ccc2c(C(=O)O)cccc2n1. The van der Waals surface area contributed by atoms with E-state index in [2.05, 4.69) is 4.98 Å². The molecular weight excluding hydrogens is 262 g/mol. The Morgan fingerprint density at radius 3 is 2.63 bits per heavy atom. The number of carbonyl (C=O) groups is 1. The summed E-state index contributed by atoms with van der Waals surface area (Å²) < 4.78 is 0. The van der Waals surface area contributed by atoms with Crippen LogP contribution >= 0.6 is 11.8 Å². The van der Waals surface area contributed by atoms with Gasteiger partial charge in [-0.1, -0.05) is 13.0 Å². The lowest BCUT2D eigenvalue weighted by Gasteiger charge is -2.13. The number of aliphatic hydroxyl groups is 1. The minimum Gasteiger partial charge on any atom is -0.478 e. The zero-order valence-electron chi connectivity index (χ0n) is 10.7. The average Bonchev–Trinajstić information content (AvgIpc) is 2.37. The molecule has 0 bridgehead atoms. The van der Waals surface area contributed by atoms with Crippen LogP contribution in [-0.2, 0) is 0 Å². The van der Waals surface area contributed by atoms with Crippen molar-refractivity contribution >= 4 is 28.6 Å². The molecule has 0 saturated carbocycles. The third-order valence-corrected chi connectivity index (χ3v) is 4.16. The Bertz CT molecular complexity index is 613. The highest BCUT2D eigenvalue weighted by Crippen LogP contribution is 2.26. The van der Waals surface area contributed by atoms with Gasteiger partial charge in [-0.3, -0.25) is 0 Å². The zero-order chi connectivity index (χ0) is 14.0. The molecule has 5 heteroatoms. The number of rotatable bonds is 4. The quantitative estimate of drug-likeness (QED) is 0.841. The number of aromatic nitrogens is 1. The minimum absolute atomic E-state index is 0.0348. The Hall–Kier alpha value is -1.59. The molecule has 0 fully saturated rings. The molecule has 2 aromatic rings. The van der Waals surface area contributed by atoms with Crippen LogP contribution in [-0.4, -0.2) is 32.5 Å². The van der Waals surface area contributed by atoms with Gasteiger partial charge in [-0.05, 0) is 31.2 Å². The minimum atomic E-state index is -0.954. The number of carboxylic acids is 1. The molecule has 0 aliphatic carbocycles. The van der Waals surface area contributed by atoms with Gasteiger partial charge in [0.25, 0.3) is 0 Å². The summed E-state index contributed by atoms with van der Waals surface area (Å²) in [5, 5.41) is 20.0. The zero-order valence-corrected chi connectivity index (χ0v) is 11.5. The van der Waals surface area contributed by atoms with Crippen molar-refractivity contribution in [2.75, 3.05) is 0 Å². The lowest BCUT2D eigenvalue weighted by Crippen LogP contribution is -2.15. The third kappa shape index (κ3) is 3.05. The number of fused-ring (bicyclic) bond motifs is 1. The van der Waals surface area contributed by atoms with Gasteiger partial charge in [0.2, 0.25) is 0 Å². The summed E-state index contributed by atoms with van der Waals surface area (Å²) in [5.74, 6) is -0.954. The Kier molecular flexibility index (Phi) is 4.07. The fraction of sp³-hybridized carbons (Fsp3) is 0.286. The Balaban J connectivity index is 2.39. The molecule has 1 heterocycles. The predicted octanol–water partition coefficient (Wildman–Crippen LogP) is 2.79. The second-order valence-corrected chi connectivity index (χ2v) is 5.79. The molecule has 2 unspecified atom stereocenters. The van der Waals surface area contributed by atoms with Crippen LogP contribution in [0.5, 0.6) is 0 Å². The highest BCUT2D eigenvalue weighted by molar-refractivity contribution is 7.99. The van der Waals surface area contributed by atoms with Gasteiger partial charge in [0, 0.05) is 10.6 Å². The van der Waals surface area contributed by atoms with Crippen LogP contribution in [0.1, 0.15) is 24.2 Å². The molecule has 0 spiro atoms. The second kappa shape index (κ2) is 5.59. The van der Waals surface area contributed by atoms with Crippen LogP contribution in [0.2, 0.25) is 0 Å². The molecule has 0 amide bonds. The normalized spacial score (nSPS) is 14.3. The van der Waals surface area contributed by atoms with E-state index in [0.29, 0.717) is 10.9 Å². The van der Waals surface area contributed by atoms with Gasteiger partial charge < -0.3 is 10.2 Å². The standard InChI is InChI=1S/C14H15NO3S/c1-8(16)9(2)19-13-7-6-10-11(14(17)18)4-3-5-12(10)15-13/h3-9,16H,1-2H3,(H,17,18). The van der Waals surface area contributed by atoms with E-state index in [-0.39, 0.29) is 10.8 Å². The maximum atomic E-state index is 11.1. The van der Waals surface area contributed by atoms with Crippen LogP contribution < -0.4 is 0 Å². The molecule has 2 rings (SSSR count). The number of benzene rings is 1. The van der Waals surface area contributed by atoms with Crippen molar-refractivity contribution in [2.45, 2.75) is 30.2 Å². The van der Waals surface area contributed by atoms with Crippen molar-refractivity contribution < 1.29 is 15.0 Å². The van der Waals surface area contributed by atoms with Crippen LogP contribution in [0.15, 0.2) is 35.4 Å². The number of hydrogen-bond donors (Lipinski definition) is 2. The maximum absolute atomic E-state index is 11.1. The van der Waals surface area contributed by atoms with Gasteiger partial charge in [-0.15, -0.1) is 11.8 Å². The van der Waals surface area contributed by atoms with Crippen LogP contribution in [0.3, 0.4) is 0 Å². The van der Waals surface area contributed by atoms with E-state index in [0.717, 1.165) is 5.03 Å². The fourth-order valence-electron chi connectivity index (χ4n) is 1.68. The smallest absolute Gasteiger partial charge is 0.336 e. The molecule has 4 nitrogen and oxygen atoms in total. The number of nitrogens with zero attached hydrogens (tertiary/aromatic N) is 1. The molecule has 1 aromatic heterocycles. The van der Waals surface area contributed by atoms with Crippen LogP contribution in [0.25, 0.3) is 10.9 Å². The summed E-state index contributed by atoms with van der Waals surface area (Å²) >= 11 is 1.47. The van der Waals surface area contributed by atoms with Crippen molar-refractivity contribution in [3.8, 4) is 0 Å². The maximum Gasteiger partial charge on any atom is 0.336 e. The van der Waals surface area contributed by atoms with E-state index in [1.807, 2.05) is 6.92 Å². The summed E-state index contributed by atoms with van der Waals surface area (Å²) in [5.41, 5.74) is 0.910. The largest absolute Gasteiger partial charge is 0.478 e. The van der Waals surface area contributed by atoms with E-state index in [4.69, 9.17) is 5.11 Å². The summed E-state index contributed by atoms with van der Waals surface area (Å²) in [6.07, 6.45) is -0.423. The van der Waals surface area contributed by atoms with Crippen LogP contribution in [0.4, 0.5) is 0 Å². The van der Waals surface area contributed by atoms with Crippen molar-refractivity contribution in [1.29, 1.82) is 0 Å². The van der Waals surface area contributed by atoms with E-state index >= 15 is 0 Å². The first-order valence-corrected chi connectivity index (χ1v) is 6.85. The molecule has 2 atom stereocenters. The van der Waals surface area contributed by atoms with Crippen molar-refractivity contribution in [2.24, 2.45) is 0 Å². The fourth-order valence-corrected chi connectivity index (χ4v) is 2.55. The van der Waals surface area contributed by atoms with Gasteiger partial charge in [-0.2, -0.15) is 0 Å². The third-order valence-electron chi connectivity index (χ3n) is 2.92.